The molecule has 0 atom stereocenters. The van der Waals surface area contributed by atoms with Gasteiger partial charge in [-0.2, -0.15) is 0 Å². The van der Waals surface area contributed by atoms with Crippen LogP contribution in [0.5, 0.6) is 0 Å². The van der Waals surface area contributed by atoms with Gasteiger partial charge in [0.2, 0.25) is 5.52 Å². The maximum atomic E-state index is 12.8. The van der Waals surface area contributed by atoms with Crippen LogP contribution < -0.4 is 0 Å². The highest BCUT2D eigenvalue weighted by molar-refractivity contribution is 7.71. The lowest BCUT2D eigenvalue weighted by Crippen LogP contribution is -2.21. The van der Waals surface area contributed by atoms with Crippen molar-refractivity contribution in [1.82, 2.24) is 0 Å². The minimum Gasteiger partial charge on any atom is -0.303 e. The van der Waals surface area contributed by atoms with Crippen LogP contribution >= 0.6 is 7.60 Å². The highest BCUT2D eigenvalue weighted by Crippen LogP contribution is 2.53. The Labute approximate surface area is 123 Å². The zero-order chi connectivity index (χ0) is 15.2. The second-order valence-electron chi connectivity index (χ2n) is 6.55. The van der Waals surface area contributed by atoms with E-state index in [1.807, 2.05) is 27.7 Å². The lowest BCUT2D eigenvalue weighted by molar-refractivity contribution is -0.118. The second-order valence-corrected chi connectivity index (χ2v) is 8.50. The number of rotatable bonds is 8. The third-order valence-corrected chi connectivity index (χ3v) is 5.26. The molecule has 1 aliphatic carbocycles. The summed E-state index contributed by atoms with van der Waals surface area (Å²) >= 11 is 0. The Morgan fingerprint density at radius 2 is 1.45 bits per heavy atom. The van der Waals surface area contributed by atoms with E-state index in [4.69, 9.17) is 9.05 Å². The first kappa shape index (κ1) is 17.9. The molecule has 0 saturated heterocycles. The molecule has 0 aromatic heterocycles. The minimum absolute atomic E-state index is 0.145. The Morgan fingerprint density at radius 1 is 1.00 bits per heavy atom. The van der Waals surface area contributed by atoms with Crippen molar-refractivity contribution >= 4 is 13.1 Å². The van der Waals surface area contributed by atoms with Crippen LogP contribution in [0.1, 0.15) is 59.8 Å². The Hall–Kier alpha value is -0.180. The molecule has 0 aliphatic heterocycles. The van der Waals surface area contributed by atoms with Crippen LogP contribution in [0, 0.1) is 17.8 Å². The van der Waals surface area contributed by atoms with Crippen LogP contribution in [0.3, 0.4) is 0 Å². The van der Waals surface area contributed by atoms with E-state index >= 15 is 0 Å². The maximum absolute atomic E-state index is 12.8. The monoisotopic (exact) mass is 304 g/mol. The molecule has 0 spiro atoms. The largest absolute Gasteiger partial charge is 0.397 e. The van der Waals surface area contributed by atoms with Gasteiger partial charge in [-0.05, 0) is 24.7 Å². The molecule has 1 aliphatic rings. The normalized spacial score (nSPS) is 17.9. The molecule has 4 nitrogen and oxygen atoms in total. The summed E-state index contributed by atoms with van der Waals surface area (Å²) in [5.41, 5.74) is -0.293. The fourth-order valence-electron chi connectivity index (χ4n) is 2.23. The summed E-state index contributed by atoms with van der Waals surface area (Å²) in [7, 11) is -3.63. The molecule has 0 bridgehead atoms. The van der Waals surface area contributed by atoms with Crippen LogP contribution in [0.25, 0.3) is 0 Å². The van der Waals surface area contributed by atoms with E-state index in [9.17, 15) is 9.36 Å². The smallest absolute Gasteiger partial charge is 0.303 e. The van der Waals surface area contributed by atoms with Crippen molar-refractivity contribution in [2.45, 2.75) is 59.8 Å². The second kappa shape index (κ2) is 8.31. The van der Waals surface area contributed by atoms with Crippen LogP contribution in [0.4, 0.5) is 0 Å². The van der Waals surface area contributed by atoms with Crippen molar-refractivity contribution in [3.05, 3.63) is 0 Å². The van der Waals surface area contributed by atoms with Gasteiger partial charge >= 0.3 is 7.60 Å². The molecule has 20 heavy (non-hydrogen) atoms. The quantitative estimate of drug-likeness (QED) is 0.613. The lowest BCUT2D eigenvalue weighted by Gasteiger charge is -2.26. The SMILES string of the molecule is CC(C)COP(=O)(OCC(C)C)C(=O)C1CCCCC1. The summed E-state index contributed by atoms with van der Waals surface area (Å²) in [4.78, 5) is 12.5. The first-order chi connectivity index (χ1) is 9.35. The zero-order valence-corrected chi connectivity index (χ0v) is 14.2. The number of hydrogen-bond acceptors (Lipinski definition) is 4. The fraction of sp³-hybridized carbons (Fsp3) is 0.933. The number of carbonyl (C=O) groups is 1. The summed E-state index contributed by atoms with van der Waals surface area (Å²) in [5.74, 6) is 0.309. The lowest BCUT2D eigenvalue weighted by atomic mass is 9.90. The average Bonchev–Trinajstić information content (AvgIpc) is 2.43. The molecular formula is C15H29O4P. The van der Waals surface area contributed by atoms with Crippen molar-refractivity contribution in [3.63, 3.8) is 0 Å². The Bertz CT molecular complexity index is 330. The van der Waals surface area contributed by atoms with Gasteiger partial charge in [-0.3, -0.25) is 9.36 Å². The molecule has 0 unspecified atom stereocenters. The van der Waals surface area contributed by atoms with Gasteiger partial charge < -0.3 is 9.05 Å². The summed E-state index contributed by atoms with van der Waals surface area (Å²) < 4.78 is 23.7. The van der Waals surface area contributed by atoms with Crippen molar-refractivity contribution in [2.24, 2.45) is 17.8 Å². The first-order valence-electron chi connectivity index (χ1n) is 7.78. The molecule has 0 amide bonds. The van der Waals surface area contributed by atoms with Gasteiger partial charge in [0.15, 0.2) is 0 Å². The van der Waals surface area contributed by atoms with Crippen LogP contribution in [0.15, 0.2) is 0 Å². The van der Waals surface area contributed by atoms with Crippen LogP contribution in [-0.2, 0) is 18.4 Å². The molecule has 118 valence electrons. The number of hydrogen-bond donors (Lipinski definition) is 0. The molecular weight excluding hydrogens is 275 g/mol. The predicted molar refractivity (Wildman–Crippen MR) is 80.8 cm³/mol. The van der Waals surface area contributed by atoms with E-state index in [-0.39, 0.29) is 23.3 Å². The molecule has 1 saturated carbocycles. The highest BCUT2D eigenvalue weighted by atomic mass is 31.2. The molecule has 5 heteroatoms. The van der Waals surface area contributed by atoms with Gasteiger partial charge in [0.25, 0.3) is 0 Å². The molecule has 0 aromatic carbocycles. The van der Waals surface area contributed by atoms with Crippen LogP contribution in [0.2, 0.25) is 0 Å². The Kier molecular flexibility index (Phi) is 7.42. The summed E-state index contributed by atoms with van der Waals surface area (Å²) in [6.45, 7) is 8.48. The molecule has 0 aromatic rings. The Morgan fingerprint density at radius 3 is 1.85 bits per heavy atom. The molecule has 0 radical (unpaired) electrons. The van der Waals surface area contributed by atoms with Gasteiger partial charge in [0.1, 0.15) is 0 Å². The molecule has 1 fully saturated rings. The van der Waals surface area contributed by atoms with Crippen molar-refractivity contribution < 1.29 is 18.4 Å². The summed E-state index contributed by atoms with van der Waals surface area (Å²) in [6, 6.07) is 0. The van der Waals surface area contributed by atoms with Crippen molar-refractivity contribution in [1.29, 1.82) is 0 Å². The zero-order valence-electron chi connectivity index (χ0n) is 13.3. The third-order valence-electron chi connectivity index (χ3n) is 3.38. The number of carbonyl (C=O) groups excluding carboxylic acids is 1. The van der Waals surface area contributed by atoms with E-state index in [1.165, 1.54) is 0 Å². The van der Waals surface area contributed by atoms with Gasteiger partial charge in [-0.15, -0.1) is 0 Å². The summed E-state index contributed by atoms with van der Waals surface area (Å²) in [6.07, 6.45) is 4.86. The van der Waals surface area contributed by atoms with Gasteiger partial charge in [0.05, 0.1) is 13.2 Å². The topological polar surface area (TPSA) is 52.6 Å². The average molecular weight is 304 g/mol. The minimum atomic E-state index is -3.63. The summed E-state index contributed by atoms with van der Waals surface area (Å²) in [5, 5.41) is 0. The Balaban J connectivity index is 2.73. The van der Waals surface area contributed by atoms with E-state index < -0.39 is 7.60 Å². The third kappa shape index (κ3) is 5.67. The highest BCUT2D eigenvalue weighted by Gasteiger charge is 2.40. The van der Waals surface area contributed by atoms with Crippen molar-refractivity contribution in [2.75, 3.05) is 13.2 Å². The van der Waals surface area contributed by atoms with E-state index in [1.54, 1.807) is 0 Å². The van der Waals surface area contributed by atoms with Crippen molar-refractivity contribution in [3.8, 4) is 0 Å². The molecule has 1 rings (SSSR count). The predicted octanol–water partition coefficient (Wildman–Crippen LogP) is 4.63. The van der Waals surface area contributed by atoms with Gasteiger partial charge in [-0.1, -0.05) is 47.0 Å². The van der Waals surface area contributed by atoms with E-state index in [2.05, 4.69) is 0 Å². The fourth-order valence-corrected chi connectivity index (χ4v) is 4.26. The van der Waals surface area contributed by atoms with E-state index in [0.717, 1.165) is 32.1 Å². The molecule has 0 N–H and O–H groups in total. The van der Waals surface area contributed by atoms with Gasteiger partial charge in [0, 0.05) is 5.92 Å². The van der Waals surface area contributed by atoms with E-state index in [0.29, 0.717) is 13.2 Å². The first-order valence-corrected chi connectivity index (χ1v) is 9.33. The maximum Gasteiger partial charge on any atom is 0.397 e. The standard InChI is InChI=1S/C15H29O4P/c1-12(2)10-18-20(17,19-11-13(3)4)15(16)14-8-6-5-7-9-14/h12-14H,5-11H2,1-4H3. The van der Waals surface area contributed by atoms with Gasteiger partial charge in [-0.25, -0.2) is 0 Å². The van der Waals surface area contributed by atoms with Crippen LogP contribution in [-0.4, -0.2) is 18.7 Å². The molecule has 0 heterocycles.